The maximum absolute atomic E-state index is 5.84. The van der Waals surface area contributed by atoms with Crippen LogP contribution < -0.4 is 10.1 Å². The molecule has 1 rings (SSSR count). The Morgan fingerprint density at radius 1 is 1.26 bits per heavy atom. The van der Waals surface area contributed by atoms with Gasteiger partial charge in [-0.1, -0.05) is 23.8 Å². The highest BCUT2D eigenvalue weighted by Crippen LogP contribution is 2.20. The number of rotatable bonds is 10. The van der Waals surface area contributed by atoms with Gasteiger partial charge in [0.15, 0.2) is 0 Å². The normalized spacial score (nSPS) is 10.4. The zero-order valence-electron chi connectivity index (χ0n) is 12.2. The maximum atomic E-state index is 5.84. The van der Waals surface area contributed by atoms with E-state index in [2.05, 4.69) is 37.0 Å². The Morgan fingerprint density at radius 3 is 2.84 bits per heavy atom. The summed E-state index contributed by atoms with van der Waals surface area (Å²) in [6, 6.07) is 6.31. The van der Waals surface area contributed by atoms with Crippen LogP contribution in [-0.2, 0) is 11.2 Å². The molecule has 1 aromatic carbocycles. The third-order valence-electron chi connectivity index (χ3n) is 2.92. The van der Waals surface area contributed by atoms with Crippen molar-refractivity contribution in [2.75, 3.05) is 33.4 Å². The molecule has 19 heavy (non-hydrogen) atoms. The minimum absolute atomic E-state index is 0.736. The van der Waals surface area contributed by atoms with Gasteiger partial charge < -0.3 is 14.8 Å². The van der Waals surface area contributed by atoms with E-state index in [1.807, 2.05) is 6.08 Å². The predicted octanol–water partition coefficient (Wildman–Crippen LogP) is 1.70. The van der Waals surface area contributed by atoms with Gasteiger partial charge >= 0.3 is 0 Å². The Balaban J connectivity index is 2.30. The molecule has 3 nitrogen and oxygen atoms in total. The molecule has 0 heterocycles. The van der Waals surface area contributed by atoms with Crippen molar-refractivity contribution in [1.29, 1.82) is 0 Å². The van der Waals surface area contributed by atoms with Crippen molar-refractivity contribution in [3.05, 3.63) is 42.0 Å². The Morgan fingerprint density at radius 2 is 2.11 bits per heavy atom. The second-order valence-electron chi connectivity index (χ2n) is 4.66. The predicted molar refractivity (Wildman–Crippen MR) is 78.7 cm³/mol. The first-order valence-corrected chi connectivity index (χ1v) is 6.91. The van der Waals surface area contributed by atoms with E-state index >= 15 is 0 Å². The van der Waals surface area contributed by atoms with Crippen LogP contribution in [0.4, 0.5) is 0 Å². The fraction of sp³-hybridized carbons (Fsp3) is 0.500. The zero-order chi connectivity index (χ0) is 13.9. The van der Waals surface area contributed by atoms with Gasteiger partial charge in [-0.15, -0.1) is 6.58 Å². The number of allylic oxidation sites excluding steroid dienone is 1. The highest BCUT2D eigenvalue weighted by molar-refractivity contribution is 5.38. The molecule has 0 atom stereocenters. The van der Waals surface area contributed by atoms with Gasteiger partial charge in [-0.25, -0.2) is 0 Å². The van der Waals surface area contributed by atoms with E-state index in [4.69, 9.17) is 9.47 Å². The second-order valence-corrected chi connectivity index (χ2v) is 4.66. The van der Waals surface area contributed by atoms with Crippen LogP contribution in [-0.4, -0.2) is 33.4 Å². The van der Waals surface area contributed by atoms with Gasteiger partial charge in [0.2, 0.25) is 0 Å². The van der Waals surface area contributed by atoms with Crippen LogP contribution in [0.15, 0.2) is 30.9 Å². The molecule has 0 bridgehead atoms. The molecule has 1 aromatic rings. The number of quaternary nitrogens is 1. The molecule has 0 saturated heterocycles. The smallest absolute Gasteiger partial charge is 0.137 e. The lowest BCUT2D eigenvalue weighted by atomic mass is 10.1. The number of ether oxygens (including phenoxy) is 2. The van der Waals surface area contributed by atoms with Gasteiger partial charge in [0.1, 0.15) is 18.9 Å². The first kappa shape index (κ1) is 15.7. The molecule has 0 aliphatic rings. The monoisotopic (exact) mass is 264 g/mol. The van der Waals surface area contributed by atoms with E-state index in [9.17, 15) is 0 Å². The van der Waals surface area contributed by atoms with Crippen LogP contribution >= 0.6 is 0 Å². The topological polar surface area (TPSA) is 35.1 Å². The van der Waals surface area contributed by atoms with Crippen LogP contribution in [0.3, 0.4) is 0 Å². The molecule has 0 spiro atoms. The minimum atomic E-state index is 0.736. The summed E-state index contributed by atoms with van der Waals surface area (Å²) in [5.74, 6) is 0.982. The van der Waals surface area contributed by atoms with Crippen molar-refractivity contribution in [3.63, 3.8) is 0 Å². The summed E-state index contributed by atoms with van der Waals surface area (Å²) in [7, 11) is 1.74. The summed E-state index contributed by atoms with van der Waals surface area (Å²) in [6.45, 7) is 9.52. The average Bonchev–Trinajstić information content (AvgIpc) is 2.40. The number of aryl methyl sites for hydroxylation is 1. The first-order chi connectivity index (χ1) is 9.27. The van der Waals surface area contributed by atoms with Crippen molar-refractivity contribution in [3.8, 4) is 5.75 Å². The molecular formula is C16H26NO2+. The molecule has 0 radical (unpaired) electrons. The van der Waals surface area contributed by atoms with Crippen molar-refractivity contribution >= 4 is 0 Å². The maximum Gasteiger partial charge on any atom is 0.137 e. The van der Waals surface area contributed by atoms with E-state index in [0.717, 1.165) is 44.9 Å². The third kappa shape index (κ3) is 6.41. The quantitative estimate of drug-likeness (QED) is 0.516. The lowest BCUT2D eigenvalue weighted by Crippen LogP contribution is -2.85. The number of nitrogens with two attached hydrogens (primary N) is 1. The molecule has 106 valence electrons. The van der Waals surface area contributed by atoms with Crippen LogP contribution in [0.25, 0.3) is 0 Å². The lowest BCUT2D eigenvalue weighted by molar-refractivity contribution is -0.655. The number of hydrogen-bond acceptors (Lipinski definition) is 2. The molecule has 0 fully saturated rings. The first-order valence-electron chi connectivity index (χ1n) is 6.91. The molecule has 0 saturated carbocycles. The molecule has 3 heteroatoms. The van der Waals surface area contributed by atoms with E-state index in [1.54, 1.807) is 7.11 Å². The van der Waals surface area contributed by atoms with Crippen LogP contribution in [0.2, 0.25) is 0 Å². The zero-order valence-corrected chi connectivity index (χ0v) is 12.2. The molecule has 2 N–H and O–H groups in total. The molecule has 0 aromatic heterocycles. The van der Waals surface area contributed by atoms with E-state index < -0.39 is 0 Å². The lowest BCUT2D eigenvalue weighted by Gasteiger charge is -2.11. The Hall–Kier alpha value is -1.32. The Bertz CT molecular complexity index is 377. The fourth-order valence-electron chi connectivity index (χ4n) is 1.93. The largest absolute Gasteiger partial charge is 0.487 e. The minimum Gasteiger partial charge on any atom is -0.487 e. The van der Waals surface area contributed by atoms with Gasteiger partial charge in [0, 0.05) is 13.5 Å². The van der Waals surface area contributed by atoms with Crippen molar-refractivity contribution in [2.45, 2.75) is 19.8 Å². The molecular weight excluding hydrogens is 238 g/mol. The summed E-state index contributed by atoms with van der Waals surface area (Å²) >= 11 is 0. The summed E-state index contributed by atoms with van der Waals surface area (Å²) in [5, 5.41) is 2.26. The van der Waals surface area contributed by atoms with Crippen molar-refractivity contribution in [1.82, 2.24) is 0 Å². The summed E-state index contributed by atoms with van der Waals surface area (Å²) in [6.07, 6.45) is 3.86. The van der Waals surface area contributed by atoms with E-state index in [1.165, 1.54) is 11.1 Å². The van der Waals surface area contributed by atoms with E-state index in [-0.39, 0.29) is 0 Å². The summed E-state index contributed by atoms with van der Waals surface area (Å²) < 4.78 is 10.9. The summed E-state index contributed by atoms with van der Waals surface area (Å²) in [5.41, 5.74) is 2.48. The highest BCUT2D eigenvalue weighted by Gasteiger charge is 2.03. The SMILES string of the molecule is C=CCc1cc(C)ccc1OCC[NH2+]CCCOC. The highest BCUT2D eigenvalue weighted by atomic mass is 16.5. The molecule has 0 aliphatic carbocycles. The van der Waals surface area contributed by atoms with Crippen LogP contribution in [0, 0.1) is 6.92 Å². The van der Waals surface area contributed by atoms with Gasteiger partial charge in [-0.2, -0.15) is 0 Å². The molecule has 0 unspecified atom stereocenters. The van der Waals surface area contributed by atoms with Gasteiger partial charge in [0.05, 0.1) is 13.2 Å². The number of benzene rings is 1. The molecule has 0 aliphatic heterocycles. The summed E-state index contributed by atoms with van der Waals surface area (Å²) in [4.78, 5) is 0. The average molecular weight is 264 g/mol. The van der Waals surface area contributed by atoms with E-state index in [0.29, 0.717) is 0 Å². The molecule has 0 amide bonds. The standard InChI is InChI=1S/C16H25NO2/c1-4-6-15-13-14(2)7-8-16(15)19-12-10-17-9-5-11-18-3/h4,7-8,13,17H,1,5-6,9-12H2,2-3H3/p+1. The third-order valence-corrected chi connectivity index (χ3v) is 2.92. The number of hydrogen-bond donors (Lipinski definition) is 1. The van der Waals surface area contributed by atoms with Gasteiger partial charge in [-0.3, -0.25) is 0 Å². The Labute approximate surface area is 116 Å². The van der Waals surface area contributed by atoms with Crippen molar-refractivity contribution < 1.29 is 14.8 Å². The van der Waals surface area contributed by atoms with Crippen molar-refractivity contribution in [2.24, 2.45) is 0 Å². The second kappa shape index (κ2) is 9.59. The van der Waals surface area contributed by atoms with Gasteiger partial charge in [-0.05, 0) is 25.0 Å². The fourth-order valence-corrected chi connectivity index (χ4v) is 1.93. The number of methoxy groups -OCH3 is 1. The Kier molecular flexibility index (Phi) is 7.94. The van der Waals surface area contributed by atoms with Gasteiger partial charge in [0.25, 0.3) is 0 Å². The van der Waals surface area contributed by atoms with Crippen LogP contribution in [0.5, 0.6) is 5.75 Å². The van der Waals surface area contributed by atoms with Crippen LogP contribution in [0.1, 0.15) is 17.5 Å².